The number of benzene rings is 3. The third-order valence-corrected chi connectivity index (χ3v) is 4.32. The first-order chi connectivity index (χ1) is 14.6. The molecule has 30 heavy (non-hydrogen) atoms. The highest BCUT2D eigenvalue weighted by atomic mass is 16.5. The lowest BCUT2D eigenvalue weighted by atomic mass is 10.0. The molecule has 0 unspecified atom stereocenters. The Morgan fingerprint density at radius 1 is 0.900 bits per heavy atom. The second kappa shape index (κ2) is 10.1. The summed E-state index contributed by atoms with van der Waals surface area (Å²) < 4.78 is 15.8. The number of rotatable bonds is 8. The van der Waals surface area contributed by atoms with E-state index >= 15 is 0 Å². The molecule has 0 heterocycles. The zero-order valence-corrected chi connectivity index (χ0v) is 16.9. The van der Waals surface area contributed by atoms with E-state index in [0.717, 1.165) is 11.1 Å². The van der Waals surface area contributed by atoms with Crippen molar-refractivity contribution in [3.05, 3.63) is 78.4 Å². The molecule has 0 fully saturated rings. The summed E-state index contributed by atoms with van der Waals surface area (Å²) >= 11 is 0. The molecular formula is C24H23NO5. The normalized spacial score (nSPS) is 10.2. The highest BCUT2D eigenvalue weighted by Crippen LogP contribution is 2.29. The summed E-state index contributed by atoms with van der Waals surface area (Å²) in [7, 11) is 1.52. The van der Waals surface area contributed by atoms with Crippen LogP contribution in [0, 0.1) is 0 Å². The molecule has 1 N–H and O–H groups in total. The van der Waals surface area contributed by atoms with Gasteiger partial charge in [0, 0.05) is 11.3 Å². The Morgan fingerprint density at radius 3 is 2.37 bits per heavy atom. The average molecular weight is 405 g/mol. The molecule has 0 aliphatic carbocycles. The summed E-state index contributed by atoms with van der Waals surface area (Å²) in [6.07, 6.45) is 0. The van der Waals surface area contributed by atoms with E-state index in [1.165, 1.54) is 13.2 Å². The molecular weight excluding hydrogens is 382 g/mol. The van der Waals surface area contributed by atoms with Gasteiger partial charge >= 0.3 is 5.97 Å². The SMILES string of the molecule is CCOc1cc(C(=O)OCC(=O)Nc2ccccc2-c2ccccc2)ccc1OC. The number of methoxy groups -OCH3 is 1. The Balaban J connectivity index is 1.64. The lowest BCUT2D eigenvalue weighted by molar-refractivity contribution is -0.119. The molecule has 0 aromatic heterocycles. The number of nitrogens with one attached hydrogen (secondary N) is 1. The molecule has 1 amide bonds. The standard InChI is InChI=1S/C24H23NO5/c1-3-29-22-15-18(13-14-21(22)28-2)24(27)30-16-23(26)25-20-12-8-7-11-19(20)17-9-5-4-6-10-17/h4-15H,3,16H2,1-2H3,(H,25,26). The molecule has 3 rings (SSSR count). The molecule has 154 valence electrons. The van der Waals surface area contributed by atoms with Gasteiger partial charge in [0.25, 0.3) is 5.91 Å². The molecule has 0 bridgehead atoms. The Bertz CT molecular complexity index is 1020. The fraction of sp³-hybridized carbons (Fsp3) is 0.167. The summed E-state index contributed by atoms with van der Waals surface area (Å²) in [6, 6.07) is 21.9. The molecule has 6 nitrogen and oxygen atoms in total. The van der Waals surface area contributed by atoms with Crippen LogP contribution in [-0.2, 0) is 9.53 Å². The molecule has 0 spiro atoms. The van der Waals surface area contributed by atoms with Crippen molar-refractivity contribution in [2.24, 2.45) is 0 Å². The number of carbonyl (C=O) groups excluding carboxylic acids is 2. The van der Waals surface area contributed by atoms with Crippen molar-refractivity contribution in [3.63, 3.8) is 0 Å². The van der Waals surface area contributed by atoms with Crippen LogP contribution < -0.4 is 14.8 Å². The molecule has 3 aromatic carbocycles. The Labute approximate surface area is 175 Å². The number of para-hydroxylation sites is 1. The van der Waals surface area contributed by atoms with Crippen LogP contribution in [0.15, 0.2) is 72.8 Å². The van der Waals surface area contributed by atoms with Gasteiger partial charge in [-0.3, -0.25) is 4.79 Å². The second-order valence-corrected chi connectivity index (χ2v) is 6.33. The van der Waals surface area contributed by atoms with Gasteiger partial charge in [-0.2, -0.15) is 0 Å². The van der Waals surface area contributed by atoms with Crippen molar-refractivity contribution in [1.29, 1.82) is 0 Å². The van der Waals surface area contributed by atoms with E-state index < -0.39 is 18.5 Å². The summed E-state index contributed by atoms with van der Waals surface area (Å²) in [5, 5.41) is 2.80. The van der Waals surface area contributed by atoms with Crippen LogP contribution in [-0.4, -0.2) is 32.2 Å². The maximum atomic E-state index is 12.4. The average Bonchev–Trinajstić information content (AvgIpc) is 2.78. The lowest BCUT2D eigenvalue weighted by Gasteiger charge is -2.12. The topological polar surface area (TPSA) is 73.9 Å². The fourth-order valence-electron chi connectivity index (χ4n) is 2.93. The monoisotopic (exact) mass is 405 g/mol. The number of anilines is 1. The van der Waals surface area contributed by atoms with E-state index in [9.17, 15) is 9.59 Å². The van der Waals surface area contributed by atoms with Gasteiger partial charge in [0.1, 0.15) is 0 Å². The van der Waals surface area contributed by atoms with Gasteiger partial charge in [-0.1, -0.05) is 48.5 Å². The number of esters is 1. The van der Waals surface area contributed by atoms with Crippen molar-refractivity contribution in [3.8, 4) is 22.6 Å². The maximum Gasteiger partial charge on any atom is 0.338 e. The van der Waals surface area contributed by atoms with Crippen LogP contribution in [0.3, 0.4) is 0 Å². The van der Waals surface area contributed by atoms with Crippen molar-refractivity contribution >= 4 is 17.6 Å². The van der Waals surface area contributed by atoms with E-state index in [1.54, 1.807) is 18.2 Å². The molecule has 0 aliphatic heterocycles. The first kappa shape index (κ1) is 20.9. The predicted octanol–water partition coefficient (Wildman–Crippen LogP) is 4.56. The van der Waals surface area contributed by atoms with E-state index in [0.29, 0.717) is 23.8 Å². The summed E-state index contributed by atoms with van der Waals surface area (Å²) in [5.41, 5.74) is 2.78. The fourth-order valence-corrected chi connectivity index (χ4v) is 2.93. The number of amides is 1. The maximum absolute atomic E-state index is 12.4. The van der Waals surface area contributed by atoms with E-state index in [1.807, 2.05) is 55.5 Å². The quantitative estimate of drug-likeness (QED) is 0.556. The Morgan fingerprint density at radius 2 is 1.63 bits per heavy atom. The predicted molar refractivity (Wildman–Crippen MR) is 115 cm³/mol. The first-order valence-electron chi connectivity index (χ1n) is 9.54. The van der Waals surface area contributed by atoms with Crippen molar-refractivity contribution in [1.82, 2.24) is 0 Å². The number of carbonyl (C=O) groups is 2. The molecule has 3 aromatic rings. The van der Waals surface area contributed by atoms with Gasteiger partial charge in [0.2, 0.25) is 0 Å². The van der Waals surface area contributed by atoms with Crippen LogP contribution in [0.1, 0.15) is 17.3 Å². The Hall–Kier alpha value is -3.80. The minimum atomic E-state index is -0.620. The molecule has 6 heteroatoms. The van der Waals surface area contributed by atoms with E-state index in [4.69, 9.17) is 14.2 Å². The Kier molecular flexibility index (Phi) is 7.05. The van der Waals surface area contributed by atoms with E-state index in [-0.39, 0.29) is 5.56 Å². The van der Waals surface area contributed by atoms with Crippen LogP contribution in [0.4, 0.5) is 5.69 Å². The smallest absolute Gasteiger partial charge is 0.338 e. The third kappa shape index (κ3) is 5.17. The third-order valence-electron chi connectivity index (χ3n) is 4.32. The van der Waals surface area contributed by atoms with Crippen molar-refractivity contribution in [2.75, 3.05) is 25.6 Å². The minimum absolute atomic E-state index is 0.275. The summed E-state index contributed by atoms with van der Waals surface area (Å²) in [4.78, 5) is 24.7. The van der Waals surface area contributed by atoms with Gasteiger partial charge in [-0.05, 0) is 36.8 Å². The number of ether oxygens (including phenoxy) is 3. The van der Waals surface area contributed by atoms with Crippen LogP contribution in [0.25, 0.3) is 11.1 Å². The van der Waals surface area contributed by atoms with Crippen LogP contribution >= 0.6 is 0 Å². The van der Waals surface area contributed by atoms with Crippen LogP contribution in [0.2, 0.25) is 0 Å². The minimum Gasteiger partial charge on any atom is -0.493 e. The number of hydrogen-bond acceptors (Lipinski definition) is 5. The molecule has 0 saturated carbocycles. The van der Waals surface area contributed by atoms with Crippen molar-refractivity contribution in [2.45, 2.75) is 6.92 Å². The highest BCUT2D eigenvalue weighted by molar-refractivity contribution is 5.98. The molecule has 0 saturated heterocycles. The zero-order chi connectivity index (χ0) is 21.3. The van der Waals surface area contributed by atoms with Gasteiger partial charge in [-0.15, -0.1) is 0 Å². The van der Waals surface area contributed by atoms with Crippen LogP contribution in [0.5, 0.6) is 11.5 Å². The zero-order valence-electron chi connectivity index (χ0n) is 16.9. The van der Waals surface area contributed by atoms with E-state index in [2.05, 4.69) is 5.32 Å². The van der Waals surface area contributed by atoms with Gasteiger partial charge in [0.05, 0.1) is 19.3 Å². The molecule has 0 radical (unpaired) electrons. The second-order valence-electron chi connectivity index (χ2n) is 6.33. The first-order valence-corrected chi connectivity index (χ1v) is 9.54. The molecule has 0 atom stereocenters. The summed E-state index contributed by atoms with van der Waals surface area (Å²) in [5.74, 6) is -0.0882. The van der Waals surface area contributed by atoms with Crippen molar-refractivity contribution < 1.29 is 23.8 Å². The van der Waals surface area contributed by atoms with Gasteiger partial charge in [0.15, 0.2) is 18.1 Å². The largest absolute Gasteiger partial charge is 0.493 e. The van der Waals surface area contributed by atoms with Gasteiger partial charge < -0.3 is 19.5 Å². The lowest BCUT2D eigenvalue weighted by Crippen LogP contribution is -2.21. The highest BCUT2D eigenvalue weighted by Gasteiger charge is 2.15. The summed E-state index contributed by atoms with van der Waals surface area (Å²) in [6.45, 7) is 1.86. The number of hydrogen-bond donors (Lipinski definition) is 1. The van der Waals surface area contributed by atoms with Gasteiger partial charge in [-0.25, -0.2) is 4.79 Å². The molecule has 0 aliphatic rings.